The average molecular weight is 381 g/mol. The molecular weight excluding hydrogens is 363 g/mol. The van der Waals surface area contributed by atoms with Gasteiger partial charge in [0, 0.05) is 11.6 Å². The van der Waals surface area contributed by atoms with Crippen LogP contribution in [0.5, 0.6) is 0 Å². The molecule has 2 aromatic carbocycles. The molecule has 0 radical (unpaired) electrons. The van der Waals surface area contributed by atoms with Crippen LogP contribution in [-0.2, 0) is 5.41 Å². The van der Waals surface area contributed by atoms with Crippen molar-refractivity contribution in [2.45, 2.75) is 37.0 Å². The number of halogens is 3. The molecule has 2 aromatic heterocycles. The van der Waals surface area contributed by atoms with Gasteiger partial charge < -0.3 is 4.98 Å². The molecule has 28 heavy (non-hydrogen) atoms. The number of hydrogen-bond acceptors (Lipinski definition) is 2. The zero-order valence-corrected chi connectivity index (χ0v) is 15.0. The molecule has 6 heteroatoms. The summed E-state index contributed by atoms with van der Waals surface area (Å²) in [6, 6.07) is 13.4. The van der Waals surface area contributed by atoms with Crippen molar-refractivity contribution < 1.29 is 13.2 Å². The van der Waals surface area contributed by atoms with E-state index in [-0.39, 0.29) is 6.42 Å². The fourth-order valence-electron chi connectivity index (χ4n) is 4.37. The summed E-state index contributed by atoms with van der Waals surface area (Å²) < 4.78 is 43.8. The lowest BCUT2D eigenvalue weighted by Gasteiger charge is -2.40. The highest BCUT2D eigenvalue weighted by molar-refractivity contribution is 5.80. The van der Waals surface area contributed by atoms with Gasteiger partial charge in [-0.3, -0.25) is 4.98 Å². The monoisotopic (exact) mass is 381 g/mol. The van der Waals surface area contributed by atoms with E-state index in [1.165, 1.54) is 12.1 Å². The van der Waals surface area contributed by atoms with Crippen molar-refractivity contribution in [1.29, 1.82) is 0 Å². The molecule has 5 rings (SSSR count). The molecular formula is C22H18F3N3. The Hall–Kier alpha value is -2.89. The molecule has 0 amide bonds. The van der Waals surface area contributed by atoms with Gasteiger partial charge in [-0.05, 0) is 61.2 Å². The Morgan fingerprint density at radius 1 is 1.04 bits per heavy atom. The summed E-state index contributed by atoms with van der Waals surface area (Å²) in [5.74, 6) is -0.00542. The van der Waals surface area contributed by atoms with E-state index in [1.807, 2.05) is 24.3 Å². The van der Waals surface area contributed by atoms with Crippen LogP contribution in [0.3, 0.4) is 0 Å². The molecule has 4 aromatic rings. The van der Waals surface area contributed by atoms with Crippen LogP contribution in [0.2, 0.25) is 0 Å². The Labute approximate surface area is 159 Å². The molecule has 0 bridgehead atoms. The molecule has 3 atom stereocenters. The second kappa shape index (κ2) is 6.33. The third kappa shape index (κ3) is 2.51. The number of benzene rings is 2. The minimum Gasteiger partial charge on any atom is -0.341 e. The number of pyridine rings is 1. The smallest absolute Gasteiger partial charge is 0.148 e. The molecule has 0 spiro atoms. The maximum atomic E-state index is 15.5. The SMILES string of the molecule is Fc1ccc2ncc(C3(c4nc5ccccc5[nH]4)CCCC(F)C3F)cc2c1. The number of para-hydroxylation sites is 2. The summed E-state index contributed by atoms with van der Waals surface area (Å²) in [4.78, 5) is 12.2. The molecule has 1 fully saturated rings. The van der Waals surface area contributed by atoms with Crippen LogP contribution in [0.4, 0.5) is 13.2 Å². The van der Waals surface area contributed by atoms with E-state index < -0.39 is 23.6 Å². The lowest BCUT2D eigenvalue weighted by Crippen LogP contribution is -2.47. The normalized spacial score (nSPS) is 25.4. The Kier molecular flexibility index (Phi) is 3.89. The van der Waals surface area contributed by atoms with E-state index in [0.717, 1.165) is 5.52 Å². The predicted molar refractivity (Wildman–Crippen MR) is 102 cm³/mol. The number of aromatic nitrogens is 3. The number of fused-ring (bicyclic) bond motifs is 2. The van der Waals surface area contributed by atoms with Gasteiger partial charge in [-0.2, -0.15) is 0 Å². The quantitative estimate of drug-likeness (QED) is 0.505. The first-order valence-electron chi connectivity index (χ1n) is 9.37. The van der Waals surface area contributed by atoms with Crippen molar-refractivity contribution in [2.24, 2.45) is 0 Å². The molecule has 1 aliphatic carbocycles. The molecule has 3 unspecified atom stereocenters. The van der Waals surface area contributed by atoms with Crippen molar-refractivity contribution in [2.75, 3.05) is 0 Å². The van der Waals surface area contributed by atoms with E-state index >= 15 is 4.39 Å². The molecule has 1 N–H and O–H groups in total. The second-order valence-electron chi connectivity index (χ2n) is 7.44. The number of nitrogens with one attached hydrogen (secondary N) is 1. The van der Waals surface area contributed by atoms with Crippen LogP contribution in [0.25, 0.3) is 21.9 Å². The van der Waals surface area contributed by atoms with Gasteiger partial charge in [-0.25, -0.2) is 18.2 Å². The first kappa shape index (κ1) is 17.2. The topological polar surface area (TPSA) is 41.6 Å². The fraction of sp³-hybridized carbons (Fsp3) is 0.273. The number of H-pyrrole nitrogens is 1. The summed E-state index contributed by atoms with van der Waals surface area (Å²) in [5, 5.41) is 0.557. The van der Waals surface area contributed by atoms with Gasteiger partial charge in [0.25, 0.3) is 0 Å². The lowest BCUT2D eigenvalue weighted by atomic mass is 9.67. The first-order valence-corrected chi connectivity index (χ1v) is 9.37. The highest BCUT2D eigenvalue weighted by atomic mass is 19.2. The van der Waals surface area contributed by atoms with Crippen molar-refractivity contribution in [3.8, 4) is 0 Å². The average Bonchev–Trinajstić information content (AvgIpc) is 3.14. The van der Waals surface area contributed by atoms with Crippen LogP contribution in [0.1, 0.15) is 30.7 Å². The van der Waals surface area contributed by atoms with Crippen molar-refractivity contribution in [3.63, 3.8) is 0 Å². The van der Waals surface area contributed by atoms with Crippen molar-refractivity contribution in [1.82, 2.24) is 15.0 Å². The number of nitrogens with zero attached hydrogens (tertiary/aromatic N) is 2. The Bertz CT molecular complexity index is 1140. The fourth-order valence-corrected chi connectivity index (χ4v) is 4.37. The molecule has 1 aliphatic rings. The minimum atomic E-state index is -1.77. The maximum absolute atomic E-state index is 15.5. The zero-order valence-electron chi connectivity index (χ0n) is 15.0. The summed E-state index contributed by atoms with van der Waals surface area (Å²) in [6.07, 6.45) is -0.687. The van der Waals surface area contributed by atoms with Crippen LogP contribution >= 0.6 is 0 Å². The number of hydrogen-bond donors (Lipinski definition) is 1. The summed E-state index contributed by atoms with van der Waals surface area (Å²) in [7, 11) is 0. The number of alkyl halides is 2. The van der Waals surface area contributed by atoms with E-state index in [4.69, 9.17) is 0 Å². The van der Waals surface area contributed by atoms with E-state index in [1.54, 1.807) is 18.3 Å². The van der Waals surface area contributed by atoms with Crippen LogP contribution in [0.15, 0.2) is 54.7 Å². The summed E-state index contributed by atoms with van der Waals surface area (Å²) >= 11 is 0. The Morgan fingerprint density at radius 2 is 1.89 bits per heavy atom. The maximum Gasteiger partial charge on any atom is 0.148 e. The lowest BCUT2D eigenvalue weighted by molar-refractivity contribution is 0.0576. The number of rotatable bonds is 2. The second-order valence-corrected chi connectivity index (χ2v) is 7.44. The minimum absolute atomic E-state index is 0.179. The Morgan fingerprint density at radius 3 is 2.75 bits per heavy atom. The Balaban J connectivity index is 1.77. The largest absolute Gasteiger partial charge is 0.341 e. The van der Waals surface area contributed by atoms with E-state index in [2.05, 4.69) is 15.0 Å². The zero-order chi connectivity index (χ0) is 19.3. The summed E-state index contributed by atoms with van der Waals surface area (Å²) in [6.45, 7) is 0. The molecule has 0 aliphatic heterocycles. The number of imidazole rings is 1. The molecule has 0 saturated heterocycles. The van der Waals surface area contributed by atoms with Gasteiger partial charge in [0.2, 0.25) is 0 Å². The van der Waals surface area contributed by atoms with Gasteiger partial charge in [0.1, 0.15) is 24.0 Å². The predicted octanol–water partition coefficient (Wildman–Crippen LogP) is 5.40. The molecule has 142 valence electrons. The van der Waals surface area contributed by atoms with Crippen molar-refractivity contribution >= 4 is 21.9 Å². The summed E-state index contributed by atoms with van der Waals surface area (Å²) in [5.41, 5.74) is 1.30. The van der Waals surface area contributed by atoms with E-state index in [9.17, 15) is 8.78 Å². The van der Waals surface area contributed by atoms with E-state index in [0.29, 0.717) is 40.6 Å². The van der Waals surface area contributed by atoms with Gasteiger partial charge in [0.05, 0.1) is 22.0 Å². The third-order valence-electron chi connectivity index (χ3n) is 5.81. The molecule has 2 heterocycles. The number of aromatic amines is 1. The van der Waals surface area contributed by atoms with Crippen LogP contribution in [-0.4, -0.2) is 27.3 Å². The van der Waals surface area contributed by atoms with Crippen LogP contribution < -0.4 is 0 Å². The van der Waals surface area contributed by atoms with Crippen LogP contribution in [0, 0.1) is 5.82 Å². The standard InChI is InChI=1S/C22H18F3N3/c23-15-7-8-17-13(11-15)10-14(12-26-17)22(9-3-4-16(24)20(22)25)21-27-18-5-1-2-6-19(18)28-21/h1-2,5-8,10-12,16,20H,3-4,9H2,(H,27,28). The molecule has 3 nitrogen and oxygen atoms in total. The van der Waals surface area contributed by atoms with Gasteiger partial charge in [-0.1, -0.05) is 12.1 Å². The highest BCUT2D eigenvalue weighted by Gasteiger charge is 2.51. The highest BCUT2D eigenvalue weighted by Crippen LogP contribution is 2.47. The third-order valence-corrected chi connectivity index (χ3v) is 5.81. The van der Waals surface area contributed by atoms with Gasteiger partial charge >= 0.3 is 0 Å². The molecule has 1 saturated carbocycles. The first-order chi connectivity index (χ1) is 13.6. The van der Waals surface area contributed by atoms with Gasteiger partial charge in [0.15, 0.2) is 0 Å². The van der Waals surface area contributed by atoms with Crippen molar-refractivity contribution in [3.05, 3.63) is 71.9 Å². The van der Waals surface area contributed by atoms with Gasteiger partial charge in [-0.15, -0.1) is 0 Å².